The molecule has 0 aromatic carbocycles. The van der Waals surface area contributed by atoms with E-state index in [4.69, 9.17) is 5.90 Å². The Bertz CT molecular complexity index is 447. The van der Waals surface area contributed by atoms with E-state index in [0.717, 1.165) is 25.0 Å². The normalized spacial score (nSPS) is 26.0. The molecule has 2 heterocycles. The van der Waals surface area contributed by atoms with Crippen molar-refractivity contribution in [3.8, 4) is 0 Å². The van der Waals surface area contributed by atoms with Crippen molar-refractivity contribution in [3.05, 3.63) is 0 Å². The van der Waals surface area contributed by atoms with Crippen molar-refractivity contribution < 1.29 is 24.5 Å². The third-order valence-electron chi connectivity index (χ3n) is 3.65. The van der Waals surface area contributed by atoms with Crippen molar-refractivity contribution in [2.75, 3.05) is 12.4 Å². The van der Waals surface area contributed by atoms with Gasteiger partial charge in [-0.1, -0.05) is 6.42 Å². The van der Waals surface area contributed by atoms with Crippen LogP contribution in [0, 0.1) is 0 Å². The monoisotopic (exact) mass is 332 g/mol. The minimum absolute atomic E-state index is 0.164. The average Bonchev–Trinajstić information content (AvgIpc) is 3.01. The van der Waals surface area contributed by atoms with Gasteiger partial charge in [0, 0.05) is 17.4 Å². The van der Waals surface area contributed by atoms with Gasteiger partial charge in [-0.05, 0) is 12.8 Å². The van der Waals surface area contributed by atoms with E-state index in [2.05, 4.69) is 26.0 Å². The van der Waals surface area contributed by atoms with Crippen LogP contribution in [0.4, 0.5) is 0 Å². The zero-order valence-electron chi connectivity index (χ0n) is 12.1. The number of amidine groups is 1. The highest BCUT2D eigenvalue weighted by Gasteiger charge is 2.45. The SMILES string of the molecule is NOCC(=O)NNC(=O)CCCCC1SCC2NC(O)=[NH+]C21. The van der Waals surface area contributed by atoms with Crippen molar-refractivity contribution in [3.63, 3.8) is 0 Å². The molecule has 0 bridgehead atoms. The number of carbonyl (C=O) groups is 2. The summed E-state index contributed by atoms with van der Waals surface area (Å²) >= 11 is 1.88. The molecule has 2 aliphatic rings. The molecular weight excluding hydrogens is 310 g/mol. The summed E-state index contributed by atoms with van der Waals surface area (Å²) in [7, 11) is 0. The van der Waals surface area contributed by atoms with Gasteiger partial charge in [-0.2, -0.15) is 0 Å². The Hall–Kier alpha value is -1.52. The van der Waals surface area contributed by atoms with Gasteiger partial charge in [0.25, 0.3) is 5.91 Å². The van der Waals surface area contributed by atoms with E-state index in [1.165, 1.54) is 0 Å². The van der Waals surface area contributed by atoms with Crippen LogP contribution < -0.4 is 27.1 Å². The molecule has 0 aromatic rings. The van der Waals surface area contributed by atoms with Gasteiger partial charge in [0.05, 0.1) is 0 Å². The van der Waals surface area contributed by atoms with Crippen LogP contribution in [0.1, 0.15) is 25.7 Å². The van der Waals surface area contributed by atoms with Crippen LogP contribution in [0.2, 0.25) is 0 Å². The number of hydrogen-bond acceptors (Lipinski definition) is 6. The maximum atomic E-state index is 11.5. The Balaban J connectivity index is 1.56. The molecule has 0 aromatic heterocycles. The number of hydrogen-bond donors (Lipinski definition) is 6. The quantitative estimate of drug-likeness (QED) is 0.216. The number of fused-ring (bicyclic) bond motifs is 1. The van der Waals surface area contributed by atoms with Crippen LogP contribution in [-0.4, -0.2) is 52.6 Å². The number of aliphatic hydroxyl groups excluding tert-OH is 1. The highest BCUT2D eigenvalue weighted by atomic mass is 32.2. The molecule has 0 saturated carbocycles. The van der Waals surface area contributed by atoms with E-state index in [0.29, 0.717) is 17.7 Å². The summed E-state index contributed by atoms with van der Waals surface area (Å²) in [6.07, 6.45) is 2.98. The summed E-state index contributed by atoms with van der Waals surface area (Å²) in [4.78, 5) is 29.7. The molecule has 2 aliphatic heterocycles. The number of nitrogens with one attached hydrogen (secondary N) is 4. The van der Waals surface area contributed by atoms with E-state index in [9.17, 15) is 14.7 Å². The smallest absolute Gasteiger partial charge is 0.440 e. The fourth-order valence-electron chi connectivity index (χ4n) is 2.60. The Labute approximate surface area is 132 Å². The summed E-state index contributed by atoms with van der Waals surface area (Å²) in [6, 6.07) is 0.713. The standard InChI is InChI=1S/C12H21N5O4S/c13-21-5-10(19)17-16-9(18)4-2-1-3-8-11-7(6-22-8)14-12(20)15-11/h7-8,11H,1-6,13H2,(H,16,18)(H,17,19)(H2,14,15,20)/p+1. The molecule has 10 heteroatoms. The lowest BCUT2D eigenvalue weighted by Crippen LogP contribution is -2.80. The van der Waals surface area contributed by atoms with Crippen molar-refractivity contribution in [2.24, 2.45) is 5.90 Å². The molecule has 0 radical (unpaired) electrons. The first-order valence-corrected chi connectivity index (χ1v) is 8.25. The average molecular weight is 332 g/mol. The number of carbonyl (C=O) groups excluding carboxylic acids is 2. The van der Waals surface area contributed by atoms with Crippen LogP contribution in [0.5, 0.6) is 0 Å². The van der Waals surface area contributed by atoms with Crippen molar-refractivity contribution in [1.82, 2.24) is 16.2 Å². The summed E-state index contributed by atoms with van der Waals surface area (Å²) < 4.78 is 0. The number of amides is 2. The molecule has 3 unspecified atom stereocenters. The highest BCUT2D eigenvalue weighted by Crippen LogP contribution is 2.30. The Morgan fingerprint density at radius 2 is 2.18 bits per heavy atom. The van der Waals surface area contributed by atoms with Crippen molar-refractivity contribution in [1.29, 1.82) is 0 Å². The van der Waals surface area contributed by atoms with Gasteiger partial charge in [-0.3, -0.25) is 25.3 Å². The second kappa shape index (κ2) is 8.20. The van der Waals surface area contributed by atoms with Crippen LogP contribution in [0.25, 0.3) is 0 Å². The molecule has 0 aliphatic carbocycles. The lowest BCUT2D eigenvalue weighted by atomic mass is 10.0. The van der Waals surface area contributed by atoms with Crippen LogP contribution in [-0.2, 0) is 14.4 Å². The van der Waals surface area contributed by atoms with E-state index in [1.54, 1.807) is 0 Å². The third-order valence-corrected chi connectivity index (χ3v) is 5.16. The second-order valence-corrected chi connectivity index (χ2v) is 6.57. The number of unbranched alkanes of at least 4 members (excludes halogenated alkanes) is 1. The van der Waals surface area contributed by atoms with Crippen molar-refractivity contribution >= 4 is 29.6 Å². The highest BCUT2D eigenvalue weighted by molar-refractivity contribution is 8.00. The van der Waals surface area contributed by atoms with E-state index in [1.807, 2.05) is 11.8 Å². The topological polar surface area (TPSA) is 140 Å². The number of hydrazine groups is 1. The minimum Gasteiger partial charge on any atom is -0.447 e. The molecule has 1 saturated heterocycles. The molecule has 124 valence electrons. The second-order valence-electron chi connectivity index (χ2n) is 5.29. The fourth-order valence-corrected chi connectivity index (χ4v) is 4.15. The molecule has 2 rings (SSSR count). The predicted octanol–water partition coefficient (Wildman–Crippen LogP) is -2.97. The van der Waals surface area contributed by atoms with Gasteiger partial charge in [0.2, 0.25) is 5.91 Å². The number of aliphatic hydroxyl groups is 1. The molecular formula is C12H22N5O4S+. The van der Waals surface area contributed by atoms with Gasteiger partial charge in [0.1, 0.15) is 18.7 Å². The van der Waals surface area contributed by atoms with E-state index in [-0.39, 0.29) is 24.6 Å². The minimum atomic E-state index is -0.500. The molecule has 7 N–H and O–H groups in total. The lowest BCUT2D eigenvalue weighted by Gasteiger charge is -2.11. The summed E-state index contributed by atoms with van der Waals surface area (Å²) in [5.41, 5.74) is 4.50. The molecule has 2 amide bonds. The summed E-state index contributed by atoms with van der Waals surface area (Å²) in [5, 5.41) is 12.9. The first-order valence-electron chi connectivity index (χ1n) is 7.20. The molecule has 22 heavy (non-hydrogen) atoms. The van der Waals surface area contributed by atoms with Crippen molar-refractivity contribution in [2.45, 2.75) is 43.0 Å². The molecule has 1 fully saturated rings. The summed E-state index contributed by atoms with van der Waals surface area (Å²) in [5.74, 6) is 4.97. The maximum Gasteiger partial charge on any atom is 0.440 e. The Kier molecular flexibility index (Phi) is 6.28. The predicted molar refractivity (Wildman–Crippen MR) is 80.4 cm³/mol. The number of nitrogens with two attached hydrogens (primary N) is 1. The zero-order valence-corrected chi connectivity index (χ0v) is 12.9. The van der Waals surface area contributed by atoms with Gasteiger partial charge in [-0.15, -0.1) is 11.8 Å². The van der Waals surface area contributed by atoms with Gasteiger partial charge in [0.15, 0.2) is 0 Å². The molecule has 9 nitrogen and oxygen atoms in total. The summed E-state index contributed by atoms with van der Waals surface area (Å²) in [6.45, 7) is -0.299. The zero-order chi connectivity index (χ0) is 15.9. The lowest BCUT2D eigenvalue weighted by molar-refractivity contribution is -0.500. The molecule has 3 atom stereocenters. The third kappa shape index (κ3) is 4.75. The van der Waals surface area contributed by atoms with E-state index >= 15 is 0 Å². The Morgan fingerprint density at radius 1 is 1.41 bits per heavy atom. The van der Waals surface area contributed by atoms with Crippen LogP contribution in [0.15, 0.2) is 0 Å². The van der Waals surface area contributed by atoms with Gasteiger partial charge >= 0.3 is 6.02 Å². The maximum absolute atomic E-state index is 11.5. The first kappa shape index (κ1) is 16.8. The van der Waals surface area contributed by atoms with Crippen LogP contribution in [0.3, 0.4) is 0 Å². The van der Waals surface area contributed by atoms with E-state index < -0.39 is 5.91 Å². The Morgan fingerprint density at radius 3 is 2.95 bits per heavy atom. The molecule has 0 spiro atoms. The number of thioether (sulfide) groups is 1. The van der Waals surface area contributed by atoms with Gasteiger partial charge in [-0.25, -0.2) is 16.2 Å². The van der Waals surface area contributed by atoms with Crippen LogP contribution >= 0.6 is 11.8 Å². The largest absolute Gasteiger partial charge is 0.447 e. The number of rotatable bonds is 7. The van der Waals surface area contributed by atoms with Gasteiger partial charge < -0.3 is 5.11 Å². The first-order chi connectivity index (χ1) is 10.6. The fraction of sp³-hybridized carbons (Fsp3) is 0.750.